The van der Waals surface area contributed by atoms with Crippen molar-refractivity contribution in [2.75, 3.05) is 7.05 Å². The predicted octanol–water partition coefficient (Wildman–Crippen LogP) is 3.27. The van der Waals surface area contributed by atoms with Crippen LogP contribution in [0.4, 0.5) is 0 Å². The van der Waals surface area contributed by atoms with Gasteiger partial charge in [-0.2, -0.15) is 0 Å². The van der Waals surface area contributed by atoms with Gasteiger partial charge in [0, 0.05) is 12.7 Å². The Morgan fingerprint density at radius 3 is 2.08 bits per heavy atom. The summed E-state index contributed by atoms with van der Waals surface area (Å²) >= 11 is 0. The number of hydrogen-bond acceptors (Lipinski definition) is 1. The van der Waals surface area contributed by atoms with Crippen LogP contribution in [0.3, 0.4) is 0 Å². The first kappa shape index (κ1) is 12.0. The van der Waals surface area contributed by atoms with Gasteiger partial charge in [0.2, 0.25) is 0 Å². The first-order valence-corrected chi connectivity index (χ1v) is 4.64. The topological polar surface area (TPSA) is 12.0 Å². The van der Waals surface area contributed by atoms with Crippen LogP contribution >= 0.6 is 0 Å². The molecule has 0 fully saturated rings. The van der Waals surface area contributed by atoms with Crippen LogP contribution in [0.5, 0.6) is 0 Å². The molecule has 0 radical (unpaired) electrons. The van der Waals surface area contributed by atoms with Gasteiger partial charge >= 0.3 is 0 Å². The molecule has 0 spiro atoms. The summed E-state index contributed by atoms with van der Waals surface area (Å²) in [6.45, 7) is 12.4. The molecule has 74 valence electrons. The minimum Gasteiger partial charge on any atom is -0.388 e. The highest BCUT2D eigenvalue weighted by Crippen LogP contribution is 2.26. The van der Waals surface area contributed by atoms with Gasteiger partial charge < -0.3 is 5.32 Å². The van der Waals surface area contributed by atoms with Crippen LogP contribution in [0, 0.1) is 5.41 Å². The lowest BCUT2D eigenvalue weighted by molar-refractivity contribution is 0.515. The van der Waals surface area contributed by atoms with E-state index in [0.29, 0.717) is 0 Å². The first-order chi connectivity index (χ1) is 5.95. The van der Waals surface area contributed by atoms with Gasteiger partial charge in [-0.25, -0.2) is 0 Å². The molecule has 0 amide bonds. The fraction of sp³-hybridized carbons (Fsp3) is 0.500. The van der Waals surface area contributed by atoms with Gasteiger partial charge in [-0.15, -0.1) is 0 Å². The van der Waals surface area contributed by atoms with Crippen LogP contribution in [-0.4, -0.2) is 7.05 Å². The Kier molecular flexibility index (Phi) is 4.53. The molecule has 1 heteroatoms. The highest BCUT2D eigenvalue weighted by Gasteiger charge is 2.13. The molecule has 0 aromatic carbocycles. The SMILES string of the molecule is C=C/C(=C\C(=C/C)C(C)(C)C)NC. The summed E-state index contributed by atoms with van der Waals surface area (Å²) in [7, 11) is 1.91. The van der Waals surface area contributed by atoms with Crippen molar-refractivity contribution < 1.29 is 0 Å². The molecule has 0 aromatic rings. The van der Waals surface area contributed by atoms with Crippen molar-refractivity contribution in [2.45, 2.75) is 27.7 Å². The Morgan fingerprint density at radius 1 is 1.31 bits per heavy atom. The number of hydrogen-bond donors (Lipinski definition) is 1. The Morgan fingerprint density at radius 2 is 1.85 bits per heavy atom. The first-order valence-electron chi connectivity index (χ1n) is 4.64. The van der Waals surface area contributed by atoms with Gasteiger partial charge in [-0.3, -0.25) is 0 Å². The maximum atomic E-state index is 3.74. The third-order valence-corrected chi connectivity index (χ3v) is 2.00. The Labute approximate surface area is 82.2 Å². The molecule has 0 saturated heterocycles. The highest BCUT2D eigenvalue weighted by atomic mass is 14.8. The second-order valence-electron chi connectivity index (χ2n) is 4.05. The van der Waals surface area contributed by atoms with Gasteiger partial charge in [-0.05, 0) is 30.1 Å². The average molecular weight is 179 g/mol. The molecular weight excluding hydrogens is 158 g/mol. The maximum Gasteiger partial charge on any atom is 0.0334 e. The third kappa shape index (κ3) is 3.97. The normalized spacial score (nSPS) is 14.2. The predicted molar refractivity (Wildman–Crippen MR) is 60.6 cm³/mol. The second kappa shape index (κ2) is 4.90. The molecule has 0 heterocycles. The van der Waals surface area contributed by atoms with Crippen LogP contribution in [0.1, 0.15) is 27.7 Å². The van der Waals surface area contributed by atoms with Crippen LogP contribution < -0.4 is 5.32 Å². The van der Waals surface area contributed by atoms with E-state index in [0.717, 1.165) is 5.70 Å². The molecule has 1 nitrogen and oxygen atoms in total. The van der Waals surface area contributed by atoms with Gasteiger partial charge in [-0.1, -0.05) is 33.4 Å². The standard InChI is InChI=1S/C12H21N/c1-7-10(12(3,4)5)9-11(8-2)13-6/h7-9,13H,2H2,1,3-6H3/b10-7+,11-9+. The van der Waals surface area contributed by atoms with E-state index in [1.165, 1.54) is 5.57 Å². The lowest BCUT2D eigenvalue weighted by Gasteiger charge is -2.20. The highest BCUT2D eigenvalue weighted by molar-refractivity contribution is 5.31. The number of rotatable bonds is 3. The minimum absolute atomic E-state index is 0.194. The summed E-state index contributed by atoms with van der Waals surface area (Å²) in [5, 5.41) is 3.09. The van der Waals surface area contributed by atoms with E-state index in [2.05, 4.69) is 51.7 Å². The third-order valence-electron chi connectivity index (χ3n) is 2.00. The number of allylic oxidation sites excluding steroid dienone is 4. The van der Waals surface area contributed by atoms with Crippen molar-refractivity contribution in [1.29, 1.82) is 0 Å². The van der Waals surface area contributed by atoms with Crippen LogP contribution in [0.2, 0.25) is 0 Å². The zero-order valence-electron chi connectivity index (χ0n) is 9.44. The zero-order chi connectivity index (χ0) is 10.5. The Bertz CT molecular complexity index is 226. The fourth-order valence-corrected chi connectivity index (χ4v) is 1.13. The van der Waals surface area contributed by atoms with Crippen LogP contribution in [-0.2, 0) is 0 Å². The smallest absolute Gasteiger partial charge is 0.0334 e. The van der Waals surface area contributed by atoms with E-state index in [1.807, 2.05) is 13.1 Å². The summed E-state index contributed by atoms with van der Waals surface area (Å²) in [6, 6.07) is 0. The monoisotopic (exact) mass is 179 g/mol. The molecule has 0 atom stereocenters. The van der Waals surface area contributed by atoms with E-state index in [9.17, 15) is 0 Å². The summed E-state index contributed by atoms with van der Waals surface area (Å²) in [4.78, 5) is 0. The summed E-state index contributed by atoms with van der Waals surface area (Å²) < 4.78 is 0. The summed E-state index contributed by atoms with van der Waals surface area (Å²) in [5.41, 5.74) is 2.57. The van der Waals surface area contributed by atoms with Crippen molar-refractivity contribution in [3.8, 4) is 0 Å². The van der Waals surface area contributed by atoms with Crippen molar-refractivity contribution in [1.82, 2.24) is 5.32 Å². The molecule has 0 saturated carbocycles. The van der Waals surface area contributed by atoms with E-state index >= 15 is 0 Å². The molecule has 0 aliphatic heterocycles. The Hall–Kier alpha value is -0.980. The molecule has 0 unspecified atom stereocenters. The Balaban J connectivity index is 4.84. The largest absolute Gasteiger partial charge is 0.388 e. The minimum atomic E-state index is 0.194. The molecule has 0 aliphatic carbocycles. The van der Waals surface area contributed by atoms with Crippen molar-refractivity contribution in [3.63, 3.8) is 0 Å². The van der Waals surface area contributed by atoms with E-state index < -0.39 is 0 Å². The average Bonchev–Trinajstić information content (AvgIpc) is 2.04. The number of likely N-dealkylation sites (N-methyl/N-ethyl adjacent to an activating group) is 1. The number of nitrogens with one attached hydrogen (secondary N) is 1. The summed E-state index contributed by atoms with van der Waals surface area (Å²) in [5.74, 6) is 0. The molecular formula is C12H21N. The van der Waals surface area contributed by atoms with E-state index in [-0.39, 0.29) is 5.41 Å². The molecule has 0 rings (SSSR count). The van der Waals surface area contributed by atoms with Gasteiger partial charge in [0.1, 0.15) is 0 Å². The molecule has 1 N–H and O–H groups in total. The lowest BCUT2D eigenvalue weighted by Crippen LogP contribution is -2.10. The lowest BCUT2D eigenvalue weighted by atomic mass is 9.86. The van der Waals surface area contributed by atoms with Crippen LogP contribution in [0.25, 0.3) is 0 Å². The van der Waals surface area contributed by atoms with Gasteiger partial charge in [0.05, 0.1) is 0 Å². The van der Waals surface area contributed by atoms with Crippen molar-refractivity contribution in [2.24, 2.45) is 5.41 Å². The van der Waals surface area contributed by atoms with Gasteiger partial charge in [0.25, 0.3) is 0 Å². The summed E-state index contributed by atoms with van der Waals surface area (Å²) in [6.07, 6.45) is 6.10. The quantitative estimate of drug-likeness (QED) is 0.656. The van der Waals surface area contributed by atoms with Crippen LogP contribution in [0.15, 0.2) is 36.1 Å². The van der Waals surface area contributed by atoms with Crippen molar-refractivity contribution in [3.05, 3.63) is 36.1 Å². The second-order valence-corrected chi connectivity index (χ2v) is 4.05. The molecule has 0 bridgehead atoms. The van der Waals surface area contributed by atoms with Gasteiger partial charge in [0.15, 0.2) is 0 Å². The van der Waals surface area contributed by atoms with E-state index in [1.54, 1.807) is 0 Å². The maximum absolute atomic E-state index is 3.74. The molecule has 13 heavy (non-hydrogen) atoms. The fourth-order valence-electron chi connectivity index (χ4n) is 1.13. The van der Waals surface area contributed by atoms with E-state index in [4.69, 9.17) is 0 Å². The zero-order valence-corrected chi connectivity index (χ0v) is 9.44. The van der Waals surface area contributed by atoms with Crippen molar-refractivity contribution >= 4 is 0 Å². The molecule has 0 aliphatic rings. The molecule has 0 aromatic heterocycles.